The standard InChI is InChI=1S/C9H13F3N2/c10-9(11,12)4-6-14(7-5-13)8-2-1-3-8/h8H,1-4,6-7H2. The van der Waals surface area contributed by atoms with E-state index >= 15 is 0 Å². The lowest BCUT2D eigenvalue weighted by atomic mass is 9.91. The zero-order valence-corrected chi connectivity index (χ0v) is 7.85. The Morgan fingerprint density at radius 2 is 2.00 bits per heavy atom. The van der Waals surface area contributed by atoms with Crippen LogP contribution in [-0.2, 0) is 0 Å². The van der Waals surface area contributed by atoms with Gasteiger partial charge in [-0.1, -0.05) is 6.42 Å². The lowest BCUT2D eigenvalue weighted by Gasteiger charge is -2.36. The van der Waals surface area contributed by atoms with Gasteiger partial charge < -0.3 is 0 Å². The van der Waals surface area contributed by atoms with E-state index in [4.69, 9.17) is 5.26 Å². The first-order chi connectivity index (χ1) is 6.53. The summed E-state index contributed by atoms with van der Waals surface area (Å²) < 4.78 is 35.8. The highest BCUT2D eigenvalue weighted by atomic mass is 19.4. The molecule has 0 aromatic heterocycles. The van der Waals surface area contributed by atoms with Crippen molar-refractivity contribution in [2.75, 3.05) is 13.1 Å². The average Bonchev–Trinajstić information content (AvgIpc) is 1.95. The third-order valence-electron chi connectivity index (χ3n) is 2.55. The second-order valence-electron chi connectivity index (χ2n) is 3.58. The zero-order valence-electron chi connectivity index (χ0n) is 7.85. The summed E-state index contributed by atoms with van der Waals surface area (Å²) in [5.41, 5.74) is 0. The number of hydrogen-bond acceptors (Lipinski definition) is 2. The van der Waals surface area contributed by atoms with Crippen LogP contribution in [0.15, 0.2) is 0 Å². The highest BCUT2D eigenvalue weighted by Crippen LogP contribution is 2.27. The molecule has 0 bridgehead atoms. The molecule has 1 aliphatic carbocycles. The Bertz CT molecular complexity index is 215. The molecule has 1 aliphatic rings. The monoisotopic (exact) mass is 206 g/mol. The molecule has 0 aromatic rings. The zero-order chi connectivity index (χ0) is 10.6. The van der Waals surface area contributed by atoms with Crippen LogP contribution in [0.3, 0.4) is 0 Å². The Hall–Kier alpha value is -0.760. The highest BCUT2D eigenvalue weighted by molar-refractivity contribution is 4.86. The Morgan fingerprint density at radius 3 is 2.36 bits per heavy atom. The molecule has 0 amide bonds. The number of rotatable bonds is 4. The van der Waals surface area contributed by atoms with Crippen LogP contribution in [0.2, 0.25) is 0 Å². The quantitative estimate of drug-likeness (QED) is 0.660. The fourth-order valence-electron chi connectivity index (χ4n) is 1.50. The molecule has 1 fully saturated rings. The summed E-state index contributed by atoms with van der Waals surface area (Å²) in [4.78, 5) is 1.64. The average molecular weight is 206 g/mol. The fraction of sp³-hybridized carbons (Fsp3) is 0.889. The predicted molar refractivity (Wildman–Crippen MR) is 45.5 cm³/mol. The van der Waals surface area contributed by atoms with Gasteiger partial charge in [-0.15, -0.1) is 0 Å². The van der Waals surface area contributed by atoms with Crippen molar-refractivity contribution in [1.82, 2.24) is 4.90 Å². The molecule has 0 spiro atoms. The van der Waals surface area contributed by atoms with E-state index in [1.807, 2.05) is 6.07 Å². The summed E-state index contributed by atoms with van der Waals surface area (Å²) in [5, 5.41) is 8.46. The molecular weight excluding hydrogens is 193 g/mol. The van der Waals surface area contributed by atoms with Crippen LogP contribution in [0.4, 0.5) is 13.2 Å². The van der Waals surface area contributed by atoms with E-state index in [2.05, 4.69) is 0 Å². The molecular formula is C9H13F3N2. The smallest absolute Gasteiger partial charge is 0.287 e. The van der Waals surface area contributed by atoms with Gasteiger partial charge in [0.2, 0.25) is 0 Å². The topological polar surface area (TPSA) is 27.0 Å². The van der Waals surface area contributed by atoms with E-state index in [1.54, 1.807) is 4.90 Å². The van der Waals surface area contributed by atoms with Crippen molar-refractivity contribution < 1.29 is 13.2 Å². The Labute approximate surface area is 81.3 Å². The van der Waals surface area contributed by atoms with Gasteiger partial charge in [0.15, 0.2) is 0 Å². The molecule has 0 heterocycles. The summed E-state index contributed by atoms with van der Waals surface area (Å²) in [5.74, 6) is 0. The van der Waals surface area contributed by atoms with Crippen LogP contribution < -0.4 is 0 Å². The van der Waals surface area contributed by atoms with Gasteiger partial charge in [-0.25, -0.2) is 0 Å². The van der Waals surface area contributed by atoms with Gasteiger partial charge in [0.1, 0.15) is 0 Å². The second-order valence-corrected chi connectivity index (χ2v) is 3.58. The second kappa shape index (κ2) is 4.65. The van der Waals surface area contributed by atoms with Crippen LogP contribution in [0.1, 0.15) is 25.7 Å². The van der Waals surface area contributed by atoms with Gasteiger partial charge in [0.05, 0.1) is 19.0 Å². The van der Waals surface area contributed by atoms with Gasteiger partial charge in [-0.3, -0.25) is 4.90 Å². The molecule has 0 radical (unpaired) electrons. The van der Waals surface area contributed by atoms with Gasteiger partial charge in [-0.2, -0.15) is 18.4 Å². The first kappa shape index (κ1) is 11.3. The Kier molecular flexibility index (Phi) is 3.76. The van der Waals surface area contributed by atoms with Crippen molar-refractivity contribution in [2.24, 2.45) is 0 Å². The third-order valence-corrected chi connectivity index (χ3v) is 2.55. The Balaban J connectivity index is 2.32. The molecule has 2 nitrogen and oxygen atoms in total. The molecule has 0 aromatic carbocycles. The molecule has 0 saturated heterocycles. The maximum absolute atomic E-state index is 11.9. The van der Waals surface area contributed by atoms with Gasteiger partial charge in [0, 0.05) is 12.6 Å². The van der Waals surface area contributed by atoms with Gasteiger partial charge in [0.25, 0.3) is 0 Å². The number of hydrogen-bond donors (Lipinski definition) is 0. The maximum Gasteiger partial charge on any atom is 0.390 e. The number of nitrogens with zero attached hydrogens (tertiary/aromatic N) is 2. The Morgan fingerprint density at radius 1 is 1.36 bits per heavy atom. The maximum atomic E-state index is 11.9. The third kappa shape index (κ3) is 3.54. The lowest BCUT2D eigenvalue weighted by molar-refractivity contribution is -0.139. The van der Waals surface area contributed by atoms with Gasteiger partial charge >= 0.3 is 6.18 Å². The van der Waals surface area contributed by atoms with Crippen molar-refractivity contribution in [3.05, 3.63) is 0 Å². The van der Waals surface area contributed by atoms with E-state index in [1.165, 1.54) is 0 Å². The van der Waals surface area contributed by atoms with Crippen LogP contribution in [0.25, 0.3) is 0 Å². The SMILES string of the molecule is N#CCN(CCC(F)(F)F)C1CCC1. The normalized spacial score (nSPS) is 17.9. The highest BCUT2D eigenvalue weighted by Gasteiger charge is 2.31. The minimum Gasteiger partial charge on any atom is -0.287 e. The minimum atomic E-state index is -4.11. The van der Waals surface area contributed by atoms with Crippen LogP contribution in [0, 0.1) is 11.3 Å². The molecule has 0 atom stereocenters. The van der Waals surface area contributed by atoms with E-state index in [0.717, 1.165) is 19.3 Å². The van der Waals surface area contributed by atoms with Crippen molar-refractivity contribution in [3.8, 4) is 6.07 Å². The van der Waals surface area contributed by atoms with Gasteiger partial charge in [-0.05, 0) is 12.8 Å². The summed E-state index contributed by atoms with van der Waals surface area (Å²) in [6.45, 7) is 0.0719. The van der Waals surface area contributed by atoms with Crippen LogP contribution in [0.5, 0.6) is 0 Å². The van der Waals surface area contributed by atoms with E-state index in [-0.39, 0.29) is 19.1 Å². The number of halogens is 3. The number of nitriles is 1. The first-order valence-corrected chi connectivity index (χ1v) is 4.70. The summed E-state index contributed by atoms with van der Waals surface area (Å²) in [7, 11) is 0. The van der Waals surface area contributed by atoms with Crippen molar-refractivity contribution in [2.45, 2.75) is 37.9 Å². The molecule has 14 heavy (non-hydrogen) atoms. The van der Waals surface area contributed by atoms with Crippen molar-refractivity contribution in [3.63, 3.8) is 0 Å². The molecule has 80 valence electrons. The fourth-order valence-corrected chi connectivity index (χ4v) is 1.50. The summed E-state index contributed by atoms with van der Waals surface area (Å²) in [6, 6.07) is 2.12. The van der Waals surface area contributed by atoms with E-state index < -0.39 is 12.6 Å². The van der Waals surface area contributed by atoms with Crippen LogP contribution in [-0.4, -0.2) is 30.2 Å². The summed E-state index contributed by atoms with van der Waals surface area (Å²) in [6.07, 6.45) is -2.00. The van der Waals surface area contributed by atoms with Crippen LogP contribution >= 0.6 is 0 Å². The van der Waals surface area contributed by atoms with E-state index in [9.17, 15) is 13.2 Å². The van der Waals surface area contributed by atoms with Crippen molar-refractivity contribution >= 4 is 0 Å². The van der Waals surface area contributed by atoms with Crippen molar-refractivity contribution in [1.29, 1.82) is 5.26 Å². The summed E-state index contributed by atoms with van der Waals surface area (Å²) >= 11 is 0. The molecule has 1 saturated carbocycles. The molecule has 1 rings (SSSR count). The predicted octanol–water partition coefficient (Wildman–Crippen LogP) is 2.32. The largest absolute Gasteiger partial charge is 0.390 e. The van der Waals surface area contributed by atoms with E-state index in [0.29, 0.717) is 0 Å². The molecule has 0 unspecified atom stereocenters. The minimum absolute atomic E-state index is 0.0400. The molecule has 5 heteroatoms. The molecule has 0 aliphatic heterocycles. The number of alkyl halides is 3. The molecule has 0 N–H and O–H groups in total. The first-order valence-electron chi connectivity index (χ1n) is 4.70. The lowest BCUT2D eigenvalue weighted by Crippen LogP contribution is -2.42.